The van der Waals surface area contributed by atoms with Gasteiger partial charge in [0, 0.05) is 25.3 Å². The van der Waals surface area contributed by atoms with Gasteiger partial charge in [0.25, 0.3) is 5.56 Å². The van der Waals surface area contributed by atoms with E-state index in [2.05, 4.69) is 0 Å². The summed E-state index contributed by atoms with van der Waals surface area (Å²) in [5.74, 6) is -2.21. The molecule has 0 bridgehead atoms. The molecule has 0 spiro atoms. The topological polar surface area (TPSA) is 108 Å². The van der Waals surface area contributed by atoms with Crippen LogP contribution in [0.5, 0.6) is 5.75 Å². The Labute approximate surface area is 177 Å². The summed E-state index contributed by atoms with van der Waals surface area (Å²) in [6.45, 7) is 0.545. The molecule has 3 aromatic rings. The van der Waals surface area contributed by atoms with Crippen LogP contribution in [-0.4, -0.2) is 29.9 Å². The lowest BCUT2D eigenvalue weighted by Crippen LogP contribution is -2.30. The number of rotatable bonds is 6. The van der Waals surface area contributed by atoms with Crippen LogP contribution in [0.1, 0.15) is 41.4 Å². The van der Waals surface area contributed by atoms with Crippen molar-refractivity contribution in [3.05, 3.63) is 73.6 Å². The third-order valence-corrected chi connectivity index (χ3v) is 5.63. The summed E-state index contributed by atoms with van der Waals surface area (Å²) in [6.07, 6.45) is 1.43. The Hall–Kier alpha value is -3.39. The molecule has 0 aliphatic carbocycles. The van der Waals surface area contributed by atoms with E-state index in [0.717, 1.165) is 35.4 Å². The minimum Gasteiger partial charge on any atom is -0.502 e. The Balaban J connectivity index is 1.98. The first-order valence-corrected chi connectivity index (χ1v) is 10.0. The van der Waals surface area contributed by atoms with E-state index in [1.165, 1.54) is 14.2 Å². The average molecular weight is 425 g/mol. The van der Waals surface area contributed by atoms with Crippen LogP contribution in [0.15, 0.2) is 44.3 Å². The maximum Gasteiger partial charge on any atom is 0.306 e. The van der Waals surface area contributed by atoms with Crippen molar-refractivity contribution in [2.45, 2.75) is 38.3 Å². The van der Waals surface area contributed by atoms with Gasteiger partial charge in [-0.3, -0.25) is 14.4 Å². The Kier molecular flexibility index (Phi) is 5.65. The zero-order valence-electron chi connectivity index (χ0n) is 17.3. The number of hydrogen-bond donors (Lipinski definition) is 1. The first kappa shape index (κ1) is 20.9. The highest BCUT2D eigenvalue weighted by atomic mass is 16.5. The van der Waals surface area contributed by atoms with E-state index in [1.54, 1.807) is 10.6 Å². The van der Waals surface area contributed by atoms with E-state index in [-0.39, 0.29) is 35.7 Å². The number of pyridine rings is 1. The Bertz CT molecular complexity index is 1270. The first-order chi connectivity index (χ1) is 14.9. The second-order valence-corrected chi connectivity index (χ2v) is 7.57. The molecular formula is C23H23NO7. The molecule has 0 saturated heterocycles. The molecule has 0 radical (unpaired) electrons. The number of benzene rings is 1. The highest BCUT2D eigenvalue weighted by Gasteiger charge is 2.30. The molecule has 1 N–H and O–H groups in total. The molecular weight excluding hydrogens is 402 g/mol. The number of carbonyl (C=O) groups excluding carboxylic acids is 1. The average Bonchev–Trinajstić information content (AvgIpc) is 2.77. The standard InChI is InChI=1S/C23H23NO7/c1-29-12-15-10-18(25)21(27)22(31-15)16(11-19(26)30-2)17-9-14-6-3-5-13-7-4-8-24(20(13)14)23(17)28/h3,5-6,9-10,16,27H,4,7-8,11-12H2,1-2H3/t16-/m1/s1. The van der Waals surface area contributed by atoms with Gasteiger partial charge in [0.15, 0.2) is 5.76 Å². The molecule has 162 valence electrons. The van der Waals surface area contributed by atoms with Crippen LogP contribution in [-0.2, 0) is 33.8 Å². The number of aromatic hydroxyl groups is 1. The summed E-state index contributed by atoms with van der Waals surface area (Å²) in [6, 6.07) is 8.66. The zero-order chi connectivity index (χ0) is 22.1. The Morgan fingerprint density at radius 1 is 1.26 bits per heavy atom. The van der Waals surface area contributed by atoms with Crippen LogP contribution in [0.3, 0.4) is 0 Å². The lowest BCUT2D eigenvalue weighted by molar-refractivity contribution is -0.140. The van der Waals surface area contributed by atoms with E-state index in [1.807, 2.05) is 18.2 Å². The Morgan fingerprint density at radius 2 is 2.06 bits per heavy atom. The monoisotopic (exact) mass is 425 g/mol. The summed E-state index contributed by atoms with van der Waals surface area (Å²) in [7, 11) is 2.68. The lowest BCUT2D eigenvalue weighted by atomic mass is 9.90. The number of aromatic nitrogens is 1. The molecule has 31 heavy (non-hydrogen) atoms. The van der Waals surface area contributed by atoms with Crippen molar-refractivity contribution in [2.75, 3.05) is 14.2 Å². The molecule has 0 saturated carbocycles. The number of esters is 1. The molecule has 0 amide bonds. The van der Waals surface area contributed by atoms with Gasteiger partial charge >= 0.3 is 5.97 Å². The van der Waals surface area contributed by atoms with Crippen molar-refractivity contribution >= 4 is 16.9 Å². The van der Waals surface area contributed by atoms with Crippen molar-refractivity contribution in [3.8, 4) is 5.75 Å². The fraction of sp³-hybridized carbons (Fsp3) is 0.348. The van der Waals surface area contributed by atoms with Crippen LogP contribution in [0.2, 0.25) is 0 Å². The minimum absolute atomic E-state index is 0.00121. The largest absolute Gasteiger partial charge is 0.502 e. The molecule has 1 aromatic carbocycles. The minimum atomic E-state index is -0.997. The van der Waals surface area contributed by atoms with Gasteiger partial charge in [-0.25, -0.2) is 0 Å². The molecule has 4 rings (SSSR count). The van der Waals surface area contributed by atoms with Gasteiger partial charge in [-0.05, 0) is 29.9 Å². The normalized spacial score (nSPS) is 13.9. The van der Waals surface area contributed by atoms with Crippen molar-refractivity contribution < 1.29 is 23.8 Å². The molecule has 1 aliphatic heterocycles. The third-order valence-electron chi connectivity index (χ3n) is 5.63. The second kappa shape index (κ2) is 8.39. The molecule has 8 heteroatoms. The molecule has 3 heterocycles. The van der Waals surface area contributed by atoms with Gasteiger partial charge in [-0.2, -0.15) is 0 Å². The van der Waals surface area contributed by atoms with Crippen LogP contribution in [0, 0.1) is 0 Å². The van der Waals surface area contributed by atoms with Crippen molar-refractivity contribution in [1.82, 2.24) is 4.57 Å². The summed E-state index contributed by atoms with van der Waals surface area (Å²) < 4.78 is 17.3. The summed E-state index contributed by atoms with van der Waals surface area (Å²) in [5.41, 5.74) is 1.26. The van der Waals surface area contributed by atoms with Crippen LogP contribution < -0.4 is 11.0 Å². The SMILES string of the molecule is COCc1cc(=O)c(O)c([C@H](CC(=O)OC)c2cc3cccc4c3n(c2=O)CCC4)o1. The summed E-state index contributed by atoms with van der Waals surface area (Å²) in [4.78, 5) is 38.0. The van der Waals surface area contributed by atoms with Crippen LogP contribution in [0.4, 0.5) is 0 Å². The molecule has 8 nitrogen and oxygen atoms in total. The van der Waals surface area contributed by atoms with E-state index in [0.29, 0.717) is 6.54 Å². The highest BCUT2D eigenvalue weighted by Crippen LogP contribution is 2.34. The molecule has 0 unspecified atom stereocenters. The highest BCUT2D eigenvalue weighted by molar-refractivity contribution is 5.84. The Morgan fingerprint density at radius 3 is 2.81 bits per heavy atom. The molecule has 2 aromatic heterocycles. The summed E-state index contributed by atoms with van der Waals surface area (Å²) in [5, 5.41) is 11.3. The number of nitrogens with zero attached hydrogens (tertiary/aromatic N) is 1. The number of methoxy groups -OCH3 is 2. The number of aryl methyl sites for hydroxylation is 2. The third kappa shape index (κ3) is 3.74. The second-order valence-electron chi connectivity index (χ2n) is 7.57. The van der Waals surface area contributed by atoms with Gasteiger partial charge < -0.3 is 23.6 Å². The predicted octanol–water partition coefficient (Wildman–Crippen LogP) is 2.45. The number of hydrogen-bond acceptors (Lipinski definition) is 7. The summed E-state index contributed by atoms with van der Waals surface area (Å²) >= 11 is 0. The fourth-order valence-electron chi connectivity index (χ4n) is 4.23. The molecule has 1 atom stereocenters. The maximum atomic E-state index is 13.5. The lowest BCUT2D eigenvalue weighted by Gasteiger charge is -2.23. The van der Waals surface area contributed by atoms with Crippen molar-refractivity contribution in [1.29, 1.82) is 0 Å². The van der Waals surface area contributed by atoms with Gasteiger partial charge in [-0.15, -0.1) is 0 Å². The van der Waals surface area contributed by atoms with Gasteiger partial charge in [0.1, 0.15) is 12.4 Å². The fourth-order valence-corrected chi connectivity index (χ4v) is 4.23. The number of ether oxygens (including phenoxy) is 2. The molecule has 0 fully saturated rings. The zero-order valence-corrected chi connectivity index (χ0v) is 17.3. The maximum absolute atomic E-state index is 13.5. The smallest absolute Gasteiger partial charge is 0.306 e. The van der Waals surface area contributed by atoms with E-state index < -0.39 is 23.1 Å². The number of para-hydroxylation sites is 1. The van der Waals surface area contributed by atoms with Gasteiger partial charge in [0.05, 0.1) is 25.0 Å². The van der Waals surface area contributed by atoms with Crippen molar-refractivity contribution in [3.63, 3.8) is 0 Å². The van der Waals surface area contributed by atoms with Crippen LogP contribution >= 0.6 is 0 Å². The first-order valence-electron chi connectivity index (χ1n) is 10.0. The van der Waals surface area contributed by atoms with E-state index >= 15 is 0 Å². The quantitative estimate of drug-likeness (QED) is 0.605. The molecule has 1 aliphatic rings. The van der Waals surface area contributed by atoms with E-state index in [9.17, 15) is 19.5 Å². The predicted molar refractivity (Wildman–Crippen MR) is 112 cm³/mol. The van der Waals surface area contributed by atoms with Gasteiger partial charge in [0.2, 0.25) is 11.2 Å². The van der Waals surface area contributed by atoms with Gasteiger partial charge in [-0.1, -0.05) is 18.2 Å². The van der Waals surface area contributed by atoms with Crippen LogP contribution in [0.25, 0.3) is 10.9 Å². The number of carbonyl (C=O) groups is 1. The van der Waals surface area contributed by atoms with E-state index in [4.69, 9.17) is 13.9 Å². The van der Waals surface area contributed by atoms with Crippen molar-refractivity contribution in [2.24, 2.45) is 0 Å².